The van der Waals surface area contributed by atoms with E-state index in [4.69, 9.17) is 4.52 Å². The molecule has 24 heavy (non-hydrogen) atoms. The molecular weight excluding hydrogens is 308 g/mol. The summed E-state index contributed by atoms with van der Waals surface area (Å²) < 4.78 is 5.28. The predicted octanol–water partition coefficient (Wildman–Crippen LogP) is 1.04. The fraction of sp³-hybridized carbons (Fsp3) is 0.750. The summed E-state index contributed by atoms with van der Waals surface area (Å²) in [6, 6.07) is 0.210. The first-order valence-electron chi connectivity index (χ1n) is 8.41. The van der Waals surface area contributed by atoms with E-state index in [9.17, 15) is 4.79 Å². The van der Waals surface area contributed by atoms with Crippen LogP contribution < -0.4 is 10.6 Å². The first kappa shape index (κ1) is 18.2. The molecule has 1 fully saturated rings. The zero-order chi connectivity index (χ0) is 17.7. The van der Waals surface area contributed by atoms with E-state index in [1.807, 2.05) is 32.6 Å². The molecule has 0 saturated carbocycles. The third-order valence-corrected chi connectivity index (χ3v) is 3.93. The van der Waals surface area contributed by atoms with Crippen molar-refractivity contribution in [2.24, 2.45) is 4.99 Å². The minimum Gasteiger partial charge on any atom is -0.352 e. The molecule has 134 valence electrons. The zero-order valence-corrected chi connectivity index (χ0v) is 15.2. The van der Waals surface area contributed by atoms with Crippen molar-refractivity contribution in [2.45, 2.75) is 58.5 Å². The quantitative estimate of drug-likeness (QED) is 0.630. The van der Waals surface area contributed by atoms with Gasteiger partial charge in [-0.3, -0.25) is 9.79 Å². The second kappa shape index (κ2) is 7.63. The van der Waals surface area contributed by atoms with Crippen LogP contribution in [0.25, 0.3) is 0 Å². The summed E-state index contributed by atoms with van der Waals surface area (Å²) in [4.78, 5) is 22.2. The van der Waals surface area contributed by atoms with Gasteiger partial charge >= 0.3 is 0 Å². The Morgan fingerprint density at radius 1 is 1.46 bits per heavy atom. The van der Waals surface area contributed by atoms with Crippen LogP contribution in [0, 0.1) is 0 Å². The number of amides is 1. The van der Waals surface area contributed by atoms with Gasteiger partial charge in [0, 0.05) is 38.0 Å². The van der Waals surface area contributed by atoms with Crippen LogP contribution in [0.3, 0.4) is 0 Å². The number of nitrogens with one attached hydrogen (secondary N) is 2. The molecule has 2 heterocycles. The molecular formula is C16H28N6O2. The van der Waals surface area contributed by atoms with Gasteiger partial charge in [-0.25, -0.2) is 0 Å². The Kier molecular flexibility index (Phi) is 5.80. The van der Waals surface area contributed by atoms with E-state index in [1.54, 1.807) is 7.05 Å². The predicted molar refractivity (Wildman–Crippen MR) is 91.6 cm³/mol. The minimum atomic E-state index is -0.162. The molecule has 0 radical (unpaired) electrons. The molecule has 8 nitrogen and oxygen atoms in total. The van der Waals surface area contributed by atoms with Gasteiger partial charge in [0.15, 0.2) is 11.8 Å². The first-order valence-corrected chi connectivity index (χ1v) is 8.41. The molecule has 2 N–H and O–H groups in total. The fourth-order valence-electron chi connectivity index (χ4n) is 2.51. The number of hydrogen-bond acceptors (Lipinski definition) is 5. The number of rotatable bonds is 4. The monoisotopic (exact) mass is 336 g/mol. The van der Waals surface area contributed by atoms with Crippen LogP contribution in [0.2, 0.25) is 0 Å². The summed E-state index contributed by atoms with van der Waals surface area (Å²) in [5.41, 5.74) is -0.162. The maximum absolute atomic E-state index is 11.7. The van der Waals surface area contributed by atoms with Crippen LogP contribution in [0.15, 0.2) is 9.52 Å². The van der Waals surface area contributed by atoms with Crippen molar-refractivity contribution in [3.63, 3.8) is 0 Å². The van der Waals surface area contributed by atoms with Crippen molar-refractivity contribution < 1.29 is 9.32 Å². The van der Waals surface area contributed by atoms with Crippen LogP contribution in [0.5, 0.6) is 0 Å². The summed E-state index contributed by atoms with van der Waals surface area (Å²) in [6.07, 6.45) is 1.47. The van der Waals surface area contributed by atoms with Crippen LogP contribution in [0.1, 0.15) is 52.3 Å². The highest BCUT2D eigenvalue weighted by Gasteiger charge is 2.26. The van der Waals surface area contributed by atoms with Gasteiger partial charge in [0.2, 0.25) is 11.8 Å². The smallest absolute Gasteiger partial charge is 0.232 e. The molecule has 0 bridgehead atoms. The second-order valence-electron chi connectivity index (χ2n) is 7.01. The number of carbonyl (C=O) groups is 1. The number of likely N-dealkylation sites (tertiary alicyclic amines) is 1. The van der Waals surface area contributed by atoms with Crippen LogP contribution >= 0.6 is 0 Å². The lowest BCUT2D eigenvalue weighted by Gasteiger charge is -2.18. The summed E-state index contributed by atoms with van der Waals surface area (Å²) in [5, 5.41) is 10.5. The number of hydrogen-bond donors (Lipinski definition) is 2. The molecule has 1 aliphatic rings. The Balaban J connectivity index is 1.83. The molecule has 1 saturated heterocycles. The first-order chi connectivity index (χ1) is 11.3. The van der Waals surface area contributed by atoms with Gasteiger partial charge in [0.25, 0.3) is 0 Å². The number of guanidine groups is 1. The summed E-state index contributed by atoms with van der Waals surface area (Å²) in [7, 11) is 1.72. The van der Waals surface area contributed by atoms with Gasteiger partial charge < -0.3 is 20.1 Å². The largest absolute Gasteiger partial charge is 0.352 e. The van der Waals surface area contributed by atoms with E-state index in [2.05, 4.69) is 25.8 Å². The highest BCUT2D eigenvalue weighted by atomic mass is 16.5. The molecule has 0 spiro atoms. The van der Waals surface area contributed by atoms with E-state index in [0.29, 0.717) is 37.2 Å². The van der Waals surface area contributed by atoms with E-state index in [1.165, 1.54) is 0 Å². The minimum absolute atomic E-state index is 0.162. The average Bonchev–Trinajstić information content (AvgIpc) is 3.19. The number of nitrogens with zero attached hydrogens (tertiary/aromatic N) is 4. The number of aliphatic imine (C=N–C) groups is 1. The van der Waals surface area contributed by atoms with Crippen molar-refractivity contribution >= 4 is 11.9 Å². The van der Waals surface area contributed by atoms with Gasteiger partial charge in [-0.1, -0.05) is 32.9 Å². The van der Waals surface area contributed by atoms with E-state index in [0.717, 1.165) is 13.0 Å². The number of aromatic nitrogens is 2. The fourth-order valence-corrected chi connectivity index (χ4v) is 2.51. The summed E-state index contributed by atoms with van der Waals surface area (Å²) >= 11 is 0. The van der Waals surface area contributed by atoms with Gasteiger partial charge in [-0.05, 0) is 6.42 Å². The average molecular weight is 336 g/mol. The van der Waals surface area contributed by atoms with Crippen molar-refractivity contribution in [1.82, 2.24) is 25.7 Å². The van der Waals surface area contributed by atoms with Crippen molar-refractivity contribution in [3.05, 3.63) is 11.7 Å². The molecule has 1 unspecified atom stereocenters. The number of carbonyl (C=O) groups excluding carboxylic acids is 1. The molecule has 1 atom stereocenters. The van der Waals surface area contributed by atoms with Gasteiger partial charge in [0.05, 0.1) is 6.54 Å². The lowest BCUT2D eigenvalue weighted by molar-refractivity contribution is -0.129. The lowest BCUT2D eigenvalue weighted by atomic mass is 9.97. The third-order valence-electron chi connectivity index (χ3n) is 3.93. The maximum atomic E-state index is 11.7. The molecule has 1 aliphatic heterocycles. The van der Waals surface area contributed by atoms with Crippen LogP contribution in [-0.4, -0.2) is 53.1 Å². The Bertz CT molecular complexity index is 590. The molecule has 1 amide bonds. The standard InChI is InChI=1S/C16H28N6O2/c1-6-13(23)22-8-7-11(10-22)19-15(17-5)18-9-12-20-14(24-21-12)16(2,3)4/h11H,6-10H2,1-5H3,(H2,17,18,19). The SMILES string of the molecule is CCC(=O)N1CCC(NC(=NC)NCc2noc(C(C)(C)C)n2)C1. The zero-order valence-electron chi connectivity index (χ0n) is 15.2. The molecule has 1 aromatic rings. The second-order valence-corrected chi connectivity index (χ2v) is 7.01. The van der Waals surface area contributed by atoms with E-state index in [-0.39, 0.29) is 17.4 Å². The van der Waals surface area contributed by atoms with E-state index < -0.39 is 0 Å². The highest BCUT2D eigenvalue weighted by Crippen LogP contribution is 2.19. The van der Waals surface area contributed by atoms with Crippen LogP contribution in [0.4, 0.5) is 0 Å². The summed E-state index contributed by atoms with van der Waals surface area (Å²) in [6.45, 7) is 9.92. The van der Waals surface area contributed by atoms with Crippen molar-refractivity contribution in [1.29, 1.82) is 0 Å². The molecule has 2 rings (SSSR count). The molecule has 0 aromatic carbocycles. The Labute approximate surface area is 143 Å². The maximum Gasteiger partial charge on any atom is 0.232 e. The lowest BCUT2D eigenvalue weighted by Crippen LogP contribution is -2.44. The Morgan fingerprint density at radius 3 is 2.79 bits per heavy atom. The van der Waals surface area contributed by atoms with Gasteiger partial charge in [0.1, 0.15) is 0 Å². The van der Waals surface area contributed by atoms with E-state index >= 15 is 0 Å². The normalized spacial score (nSPS) is 18.8. The Hall–Kier alpha value is -2.12. The highest BCUT2D eigenvalue weighted by molar-refractivity contribution is 5.80. The molecule has 1 aromatic heterocycles. The third kappa shape index (κ3) is 4.69. The van der Waals surface area contributed by atoms with Gasteiger partial charge in [-0.15, -0.1) is 0 Å². The molecule has 8 heteroatoms. The van der Waals surface area contributed by atoms with Crippen molar-refractivity contribution in [3.8, 4) is 0 Å². The molecule has 0 aliphatic carbocycles. The topological polar surface area (TPSA) is 95.7 Å². The summed E-state index contributed by atoms with van der Waals surface area (Å²) in [5.74, 6) is 2.08. The van der Waals surface area contributed by atoms with Crippen LogP contribution in [-0.2, 0) is 16.8 Å². The Morgan fingerprint density at radius 2 is 2.21 bits per heavy atom. The van der Waals surface area contributed by atoms with Crippen molar-refractivity contribution in [2.75, 3.05) is 20.1 Å². The van der Waals surface area contributed by atoms with Gasteiger partial charge in [-0.2, -0.15) is 4.98 Å².